The number of halogens is 2. The average Bonchev–Trinajstić information content (AvgIpc) is 2.52. The molecule has 2 aromatic rings. The highest BCUT2D eigenvalue weighted by Gasteiger charge is 2.11. The molecule has 0 N–H and O–H groups in total. The Bertz CT molecular complexity index is 442. The van der Waals surface area contributed by atoms with Crippen molar-refractivity contribution in [2.75, 3.05) is 0 Å². The molecule has 0 aliphatic rings. The first-order valence-corrected chi connectivity index (χ1v) is 5.86. The lowest BCUT2D eigenvalue weighted by Crippen LogP contribution is -1.85. The number of rotatable bonds is 1. The van der Waals surface area contributed by atoms with Gasteiger partial charge < -0.3 is 0 Å². The summed E-state index contributed by atoms with van der Waals surface area (Å²) in [5, 5.41) is 1.98. The molecule has 0 saturated heterocycles. The first-order chi connectivity index (χ1) is 6.70. The van der Waals surface area contributed by atoms with E-state index in [1.54, 1.807) is 17.4 Å². The van der Waals surface area contributed by atoms with Crippen LogP contribution in [-0.4, -0.2) is 0 Å². The van der Waals surface area contributed by atoms with E-state index >= 15 is 0 Å². The van der Waals surface area contributed by atoms with Gasteiger partial charge in [0, 0.05) is 14.9 Å². The minimum absolute atomic E-state index is 0.180. The zero-order valence-electron chi connectivity index (χ0n) is 7.55. The minimum Gasteiger partial charge on any atom is -0.206 e. The van der Waals surface area contributed by atoms with Gasteiger partial charge in [-0.25, -0.2) is 4.39 Å². The lowest BCUT2D eigenvalue weighted by molar-refractivity contribution is 0.630. The number of thiophene rings is 1. The van der Waals surface area contributed by atoms with Crippen molar-refractivity contribution in [3.63, 3.8) is 0 Å². The molecule has 0 nitrogen and oxygen atoms in total. The third-order valence-corrected chi connectivity index (χ3v) is 3.60. The van der Waals surface area contributed by atoms with E-state index in [-0.39, 0.29) is 5.82 Å². The topological polar surface area (TPSA) is 0 Å². The monoisotopic (exact) mass is 270 g/mol. The van der Waals surface area contributed by atoms with Crippen LogP contribution in [0.3, 0.4) is 0 Å². The van der Waals surface area contributed by atoms with E-state index in [1.165, 1.54) is 6.07 Å². The van der Waals surface area contributed by atoms with E-state index in [4.69, 9.17) is 0 Å². The summed E-state index contributed by atoms with van der Waals surface area (Å²) in [6.45, 7) is 2.00. The van der Waals surface area contributed by atoms with Gasteiger partial charge in [0.15, 0.2) is 0 Å². The summed E-state index contributed by atoms with van der Waals surface area (Å²) in [5.74, 6) is -0.180. The fraction of sp³-hybridized carbons (Fsp3) is 0.0909. The fourth-order valence-electron chi connectivity index (χ4n) is 1.40. The van der Waals surface area contributed by atoms with Gasteiger partial charge in [0.05, 0.1) is 0 Å². The third-order valence-electron chi connectivity index (χ3n) is 2.09. The Kier molecular flexibility index (Phi) is 2.70. The van der Waals surface area contributed by atoms with Crippen molar-refractivity contribution < 1.29 is 4.39 Å². The highest BCUT2D eigenvalue weighted by atomic mass is 79.9. The molecule has 0 saturated carbocycles. The second kappa shape index (κ2) is 3.83. The molecule has 0 aliphatic heterocycles. The van der Waals surface area contributed by atoms with Crippen molar-refractivity contribution in [1.82, 2.24) is 0 Å². The van der Waals surface area contributed by atoms with Gasteiger partial charge in [0.25, 0.3) is 0 Å². The highest BCUT2D eigenvalue weighted by molar-refractivity contribution is 9.10. The van der Waals surface area contributed by atoms with Crippen LogP contribution in [0.1, 0.15) is 4.88 Å². The Balaban J connectivity index is 2.68. The lowest BCUT2D eigenvalue weighted by atomic mass is 10.1. The molecule has 0 bridgehead atoms. The van der Waals surface area contributed by atoms with Crippen LogP contribution in [0.4, 0.5) is 4.39 Å². The molecule has 0 spiro atoms. The van der Waals surface area contributed by atoms with Gasteiger partial charge in [-0.3, -0.25) is 0 Å². The molecule has 0 radical (unpaired) electrons. The largest absolute Gasteiger partial charge is 0.206 e. The zero-order chi connectivity index (χ0) is 10.1. The van der Waals surface area contributed by atoms with Gasteiger partial charge in [-0.2, -0.15) is 0 Å². The van der Waals surface area contributed by atoms with Crippen LogP contribution < -0.4 is 0 Å². The lowest BCUT2D eigenvalue weighted by Gasteiger charge is -2.04. The molecule has 1 heterocycles. The number of benzene rings is 1. The molecular formula is C11H8BrFS. The van der Waals surface area contributed by atoms with Crippen LogP contribution in [0.15, 0.2) is 34.1 Å². The maximum atomic E-state index is 13.6. The van der Waals surface area contributed by atoms with Crippen LogP contribution in [0.2, 0.25) is 0 Å². The Labute approximate surface area is 94.5 Å². The number of aryl methyl sites for hydroxylation is 1. The van der Waals surface area contributed by atoms with E-state index in [1.807, 2.05) is 24.4 Å². The minimum atomic E-state index is -0.180. The summed E-state index contributed by atoms with van der Waals surface area (Å²) in [7, 11) is 0. The standard InChI is InChI=1S/C11H8BrFS/c1-7-8(5-6-14-7)11-9(12)3-2-4-10(11)13/h2-6H,1H3. The van der Waals surface area contributed by atoms with Crippen molar-refractivity contribution in [3.05, 3.63) is 44.8 Å². The first-order valence-electron chi connectivity index (χ1n) is 4.18. The van der Waals surface area contributed by atoms with Crippen molar-refractivity contribution >= 4 is 27.3 Å². The van der Waals surface area contributed by atoms with E-state index in [9.17, 15) is 4.39 Å². The average molecular weight is 271 g/mol. The molecule has 0 unspecified atom stereocenters. The number of hydrogen-bond donors (Lipinski definition) is 0. The Morgan fingerprint density at radius 1 is 1.29 bits per heavy atom. The first kappa shape index (κ1) is 9.87. The van der Waals surface area contributed by atoms with Crippen LogP contribution in [-0.2, 0) is 0 Å². The predicted octanol–water partition coefficient (Wildman–Crippen LogP) is 4.63. The third kappa shape index (κ3) is 1.62. The summed E-state index contributed by atoms with van der Waals surface area (Å²) in [6, 6.07) is 6.99. The SMILES string of the molecule is Cc1sccc1-c1c(F)cccc1Br. The van der Waals surface area contributed by atoms with Crippen LogP contribution in [0.25, 0.3) is 11.1 Å². The zero-order valence-corrected chi connectivity index (χ0v) is 9.95. The second-order valence-corrected chi connectivity index (χ2v) is 4.96. The Morgan fingerprint density at radius 2 is 2.07 bits per heavy atom. The molecule has 0 amide bonds. The molecule has 72 valence electrons. The normalized spacial score (nSPS) is 10.5. The van der Waals surface area contributed by atoms with Gasteiger partial charge in [-0.05, 0) is 36.1 Å². The summed E-state index contributed by atoms with van der Waals surface area (Å²) in [6.07, 6.45) is 0. The van der Waals surface area contributed by atoms with Gasteiger partial charge in [-0.1, -0.05) is 22.0 Å². The summed E-state index contributed by atoms with van der Waals surface area (Å²) < 4.78 is 14.4. The quantitative estimate of drug-likeness (QED) is 0.709. The van der Waals surface area contributed by atoms with Gasteiger partial charge in [0.2, 0.25) is 0 Å². The van der Waals surface area contributed by atoms with E-state index in [0.29, 0.717) is 5.56 Å². The second-order valence-electron chi connectivity index (χ2n) is 2.99. The van der Waals surface area contributed by atoms with Crippen molar-refractivity contribution in [1.29, 1.82) is 0 Å². The van der Waals surface area contributed by atoms with Gasteiger partial charge in [0.1, 0.15) is 5.82 Å². The van der Waals surface area contributed by atoms with Crippen molar-refractivity contribution in [2.24, 2.45) is 0 Å². The van der Waals surface area contributed by atoms with Crippen LogP contribution in [0.5, 0.6) is 0 Å². The molecule has 2 rings (SSSR count). The Hall–Kier alpha value is -0.670. The maximum Gasteiger partial charge on any atom is 0.132 e. The predicted molar refractivity (Wildman–Crippen MR) is 62.2 cm³/mol. The summed E-state index contributed by atoms with van der Waals surface area (Å²) >= 11 is 5.00. The van der Waals surface area contributed by atoms with E-state index < -0.39 is 0 Å². The summed E-state index contributed by atoms with van der Waals surface area (Å²) in [5.41, 5.74) is 1.63. The smallest absolute Gasteiger partial charge is 0.132 e. The van der Waals surface area contributed by atoms with Crippen LogP contribution >= 0.6 is 27.3 Å². The highest BCUT2D eigenvalue weighted by Crippen LogP contribution is 2.34. The molecule has 1 aromatic heterocycles. The van der Waals surface area contributed by atoms with Gasteiger partial charge >= 0.3 is 0 Å². The van der Waals surface area contributed by atoms with Crippen molar-refractivity contribution in [2.45, 2.75) is 6.92 Å². The molecular weight excluding hydrogens is 263 g/mol. The maximum absolute atomic E-state index is 13.6. The molecule has 0 fully saturated rings. The number of hydrogen-bond acceptors (Lipinski definition) is 1. The fourth-order valence-corrected chi connectivity index (χ4v) is 2.66. The van der Waals surface area contributed by atoms with E-state index in [0.717, 1.165) is 14.9 Å². The molecule has 14 heavy (non-hydrogen) atoms. The molecule has 0 aliphatic carbocycles. The molecule has 0 atom stereocenters. The van der Waals surface area contributed by atoms with Crippen LogP contribution in [0, 0.1) is 12.7 Å². The van der Waals surface area contributed by atoms with Gasteiger partial charge in [-0.15, -0.1) is 11.3 Å². The van der Waals surface area contributed by atoms with Crippen molar-refractivity contribution in [3.8, 4) is 11.1 Å². The Morgan fingerprint density at radius 3 is 2.64 bits per heavy atom. The molecule has 3 heteroatoms. The molecule has 1 aromatic carbocycles. The summed E-state index contributed by atoms with van der Waals surface area (Å²) in [4.78, 5) is 1.14. The van der Waals surface area contributed by atoms with E-state index in [2.05, 4.69) is 15.9 Å².